The predicted octanol–water partition coefficient (Wildman–Crippen LogP) is 2.10. The highest BCUT2D eigenvalue weighted by Crippen LogP contribution is 2.19. The van der Waals surface area contributed by atoms with Crippen molar-refractivity contribution < 1.29 is 5.11 Å². The molecular formula is C15H16N4O. The minimum atomic E-state index is 0.159. The number of benzene rings is 1. The number of nitrogens with zero attached hydrogens (tertiary/aromatic N) is 2. The molecule has 5 nitrogen and oxygen atoms in total. The summed E-state index contributed by atoms with van der Waals surface area (Å²) in [7, 11) is 0. The molecule has 0 unspecified atom stereocenters. The number of aliphatic hydroxyl groups excluding tert-OH is 1. The lowest BCUT2D eigenvalue weighted by Gasteiger charge is -2.10. The van der Waals surface area contributed by atoms with Gasteiger partial charge in [0.1, 0.15) is 17.8 Å². The monoisotopic (exact) mass is 268 g/mol. The second-order valence-electron chi connectivity index (χ2n) is 4.56. The molecular weight excluding hydrogens is 252 g/mol. The Morgan fingerprint density at radius 3 is 2.80 bits per heavy atom. The third-order valence-electron chi connectivity index (χ3n) is 3.30. The van der Waals surface area contributed by atoms with Crippen LogP contribution >= 0.6 is 0 Å². The second kappa shape index (κ2) is 5.71. The van der Waals surface area contributed by atoms with Gasteiger partial charge in [-0.25, -0.2) is 9.97 Å². The first-order valence-corrected chi connectivity index (χ1v) is 6.58. The van der Waals surface area contributed by atoms with Crippen LogP contribution in [0.3, 0.4) is 0 Å². The number of aromatic nitrogens is 3. The van der Waals surface area contributed by atoms with Gasteiger partial charge in [0, 0.05) is 19.3 Å². The molecule has 5 heteroatoms. The van der Waals surface area contributed by atoms with Gasteiger partial charge < -0.3 is 15.4 Å². The Hall–Kier alpha value is -2.40. The molecule has 0 radical (unpaired) electrons. The molecule has 0 atom stereocenters. The summed E-state index contributed by atoms with van der Waals surface area (Å²) in [5.74, 6) is 0.815. The van der Waals surface area contributed by atoms with Crippen molar-refractivity contribution in [2.24, 2.45) is 0 Å². The van der Waals surface area contributed by atoms with Gasteiger partial charge in [-0.2, -0.15) is 0 Å². The van der Waals surface area contributed by atoms with Gasteiger partial charge in [0.2, 0.25) is 0 Å². The van der Waals surface area contributed by atoms with E-state index in [0.717, 1.165) is 22.4 Å². The van der Waals surface area contributed by atoms with E-state index < -0.39 is 0 Å². The summed E-state index contributed by atoms with van der Waals surface area (Å²) >= 11 is 0. The molecule has 3 N–H and O–H groups in total. The van der Waals surface area contributed by atoms with Crippen molar-refractivity contribution in [3.05, 3.63) is 54.0 Å². The average molecular weight is 268 g/mol. The van der Waals surface area contributed by atoms with Crippen molar-refractivity contribution in [1.82, 2.24) is 15.0 Å². The summed E-state index contributed by atoms with van der Waals surface area (Å²) in [6, 6.07) is 10.1. The molecule has 0 aliphatic carbocycles. The Kier molecular flexibility index (Phi) is 3.60. The number of aliphatic hydroxyl groups is 1. The number of nitrogens with one attached hydrogen (secondary N) is 2. The van der Waals surface area contributed by atoms with Crippen molar-refractivity contribution in [1.29, 1.82) is 0 Å². The quantitative estimate of drug-likeness (QED) is 0.662. The zero-order chi connectivity index (χ0) is 13.8. The summed E-state index contributed by atoms with van der Waals surface area (Å²) in [6.07, 6.45) is 4.06. The maximum Gasteiger partial charge on any atom is 0.142 e. The SMILES string of the molecule is OCCc1ccccc1CNc1ncnc2[nH]ccc12. The molecule has 102 valence electrons. The zero-order valence-corrected chi connectivity index (χ0v) is 11.0. The summed E-state index contributed by atoms with van der Waals surface area (Å²) in [6.45, 7) is 0.833. The molecule has 0 bridgehead atoms. The predicted molar refractivity (Wildman–Crippen MR) is 78.4 cm³/mol. The molecule has 0 aliphatic rings. The van der Waals surface area contributed by atoms with Crippen molar-refractivity contribution in [2.45, 2.75) is 13.0 Å². The van der Waals surface area contributed by atoms with E-state index in [-0.39, 0.29) is 6.61 Å². The highest BCUT2D eigenvalue weighted by molar-refractivity contribution is 5.86. The highest BCUT2D eigenvalue weighted by atomic mass is 16.2. The van der Waals surface area contributed by atoms with E-state index >= 15 is 0 Å². The largest absolute Gasteiger partial charge is 0.396 e. The molecule has 20 heavy (non-hydrogen) atoms. The molecule has 0 aliphatic heterocycles. The van der Waals surface area contributed by atoms with Crippen LogP contribution in [0.5, 0.6) is 0 Å². The lowest BCUT2D eigenvalue weighted by Crippen LogP contribution is -2.05. The number of hydrogen-bond donors (Lipinski definition) is 3. The Morgan fingerprint density at radius 2 is 1.95 bits per heavy atom. The fourth-order valence-corrected chi connectivity index (χ4v) is 2.29. The first-order valence-electron chi connectivity index (χ1n) is 6.58. The normalized spacial score (nSPS) is 10.8. The molecule has 0 saturated heterocycles. The maximum absolute atomic E-state index is 9.10. The molecule has 3 aromatic rings. The minimum Gasteiger partial charge on any atom is -0.396 e. The second-order valence-corrected chi connectivity index (χ2v) is 4.56. The first-order chi connectivity index (χ1) is 9.88. The third-order valence-corrected chi connectivity index (χ3v) is 3.30. The molecule has 0 amide bonds. The summed E-state index contributed by atoms with van der Waals surface area (Å²) in [5, 5.41) is 13.4. The van der Waals surface area contributed by atoms with Crippen molar-refractivity contribution >= 4 is 16.9 Å². The van der Waals surface area contributed by atoms with Crippen LogP contribution in [0.15, 0.2) is 42.9 Å². The van der Waals surface area contributed by atoms with Gasteiger partial charge in [-0.3, -0.25) is 0 Å². The maximum atomic E-state index is 9.10. The third kappa shape index (κ3) is 2.48. The lowest BCUT2D eigenvalue weighted by atomic mass is 10.1. The smallest absolute Gasteiger partial charge is 0.142 e. The van der Waals surface area contributed by atoms with Crippen LogP contribution in [0.25, 0.3) is 11.0 Å². The molecule has 1 aromatic carbocycles. The molecule has 0 saturated carbocycles. The Morgan fingerprint density at radius 1 is 1.10 bits per heavy atom. The lowest BCUT2D eigenvalue weighted by molar-refractivity contribution is 0.299. The molecule has 0 spiro atoms. The van der Waals surface area contributed by atoms with Gasteiger partial charge in [0.05, 0.1) is 5.39 Å². The van der Waals surface area contributed by atoms with Crippen LogP contribution in [0.2, 0.25) is 0 Å². The van der Waals surface area contributed by atoms with E-state index in [1.54, 1.807) is 6.33 Å². The number of fused-ring (bicyclic) bond motifs is 1. The van der Waals surface area contributed by atoms with Gasteiger partial charge in [-0.1, -0.05) is 24.3 Å². The van der Waals surface area contributed by atoms with Crippen LogP contribution in [0.1, 0.15) is 11.1 Å². The van der Waals surface area contributed by atoms with E-state index in [1.807, 2.05) is 30.5 Å². The van der Waals surface area contributed by atoms with Gasteiger partial charge in [0.15, 0.2) is 0 Å². The molecule has 3 rings (SSSR count). The molecule has 0 fully saturated rings. The fourth-order valence-electron chi connectivity index (χ4n) is 2.29. The van der Waals surface area contributed by atoms with Crippen LogP contribution in [-0.2, 0) is 13.0 Å². The Labute approximate surface area is 116 Å². The number of rotatable bonds is 5. The van der Waals surface area contributed by atoms with Crippen molar-refractivity contribution in [2.75, 3.05) is 11.9 Å². The first kappa shape index (κ1) is 12.6. The summed E-state index contributed by atoms with van der Waals surface area (Å²) < 4.78 is 0. The average Bonchev–Trinajstić information content (AvgIpc) is 2.96. The molecule has 2 heterocycles. The summed E-state index contributed by atoms with van der Waals surface area (Å²) in [4.78, 5) is 11.5. The standard InChI is InChI=1S/C15H16N4O/c20-8-6-11-3-1-2-4-12(11)9-17-15-13-5-7-16-14(13)18-10-19-15/h1-5,7,10,20H,6,8-9H2,(H2,16,17,18,19). The van der Waals surface area contributed by atoms with Crippen LogP contribution in [-0.4, -0.2) is 26.7 Å². The molecule has 2 aromatic heterocycles. The number of aromatic amines is 1. The zero-order valence-electron chi connectivity index (χ0n) is 11.0. The Balaban J connectivity index is 1.81. The van der Waals surface area contributed by atoms with Gasteiger partial charge in [-0.05, 0) is 23.6 Å². The van der Waals surface area contributed by atoms with Crippen LogP contribution in [0, 0.1) is 0 Å². The van der Waals surface area contributed by atoms with Gasteiger partial charge in [-0.15, -0.1) is 0 Å². The van der Waals surface area contributed by atoms with Crippen LogP contribution < -0.4 is 5.32 Å². The Bertz CT molecular complexity index is 708. The van der Waals surface area contributed by atoms with Crippen molar-refractivity contribution in [3.63, 3.8) is 0 Å². The fraction of sp³-hybridized carbons (Fsp3) is 0.200. The van der Waals surface area contributed by atoms with Gasteiger partial charge >= 0.3 is 0 Å². The number of H-pyrrole nitrogens is 1. The summed E-state index contributed by atoms with van der Waals surface area (Å²) in [5.41, 5.74) is 3.15. The van der Waals surface area contributed by atoms with E-state index in [0.29, 0.717) is 13.0 Å². The highest BCUT2D eigenvalue weighted by Gasteiger charge is 2.05. The van der Waals surface area contributed by atoms with Gasteiger partial charge in [0.25, 0.3) is 0 Å². The minimum absolute atomic E-state index is 0.159. The number of hydrogen-bond acceptors (Lipinski definition) is 4. The van der Waals surface area contributed by atoms with E-state index in [1.165, 1.54) is 5.56 Å². The van der Waals surface area contributed by atoms with Crippen LogP contribution in [0.4, 0.5) is 5.82 Å². The topological polar surface area (TPSA) is 73.8 Å². The van der Waals surface area contributed by atoms with E-state index in [9.17, 15) is 0 Å². The van der Waals surface area contributed by atoms with Crippen molar-refractivity contribution in [3.8, 4) is 0 Å². The van der Waals surface area contributed by atoms with E-state index in [4.69, 9.17) is 5.11 Å². The number of anilines is 1. The van der Waals surface area contributed by atoms with E-state index in [2.05, 4.69) is 26.3 Å².